The lowest BCUT2D eigenvalue weighted by Gasteiger charge is -2.31. The monoisotopic (exact) mass is 580 g/mol. The van der Waals surface area contributed by atoms with Crippen LogP contribution in [-0.2, 0) is 50.7 Å². The fourth-order valence-corrected chi connectivity index (χ4v) is 6.89. The molecule has 0 aromatic carbocycles. The van der Waals surface area contributed by atoms with Gasteiger partial charge in [-0.25, -0.2) is 4.98 Å². The number of hydrogen-bond donors (Lipinski definition) is 1. The van der Waals surface area contributed by atoms with Crippen molar-refractivity contribution >= 4 is 29.1 Å². The molecule has 4 aromatic heterocycles. The maximum Gasteiger partial charge on any atom is 0.276 e. The maximum absolute atomic E-state index is 13.9. The highest BCUT2D eigenvalue weighted by molar-refractivity contribution is 6.06. The van der Waals surface area contributed by atoms with Gasteiger partial charge in [-0.05, 0) is 54.0 Å². The smallest absolute Gasteiger partial charge is 0.276 e. The molecule has 0 fully saturated rings. The van der Waals surface area contributed by atoms with E-state index in [2.05, 4.69) is 41.8 Å². The largest absolute Gasteiger partial charge is 0.339 e. The maximum atomic E-state index is 13.9. The number of carbonyl (C=O) groups is 2. The normalized spacial score (nSPS) is 17.2. The van der Waals surface area contributed by atoms with Crippen molar-refractivity contribution in [3.8, 4) is 11.1 Å². The molecule has 1 aliphatic carbocycles. The lowest BCUT2D eigenvalue weighted by Crippen LogP contribution is -2.41. The van der Waals surface area contributed by atoms with Crippen LogP contribution in [0, 0.1) is 5.41 Å². The highest BCUT2D eigenvalue weighted by Gasteiger charge is 2.37. The van der Waals surface area contributed by atoms with Crippen LogP contribution in [0.25, 0.3) is 11.1 Å². The molecule has 11 nitrogen and oxygen atoms in total. The highest BCUT2D eigenvalue weighted by Crippen LogP contribution is 2.40. The van der Waals surface area contributed by atoms with E-state index >= 15 is 0 Å². The van der Waals surface area contributed by atoms with Crippen LogP contribution in [0.4, 0.5) is 17.3 Å². The molecule has 3 aliphatic rings. The molecule has 0 saturated carbocycles. The van der Waals surface area contributed by atoms with Crippen LogP contribution < -0.4 is 15.8 Å². The number of aromatic nitrogens is 5. The molecule has 2 aliphatic heterocycles. The molecular formula is C32H36N8O3. The van der Waals surface area contributed by atoms with Gasteiger partial charge in [0.2, 0.25) is 5.91 Å². The number of nitrogens with zero attached hydrogens (tertiary/aromatic N) is 7. The summed E-state index contributed by atoms with van der Waals surface area (Å²) in [4.78, 5) is 47.3. The number of amides is 2. The summed E-state index contributed by atoms with van der Waals surface area (Å²) in [6.07, 6.45) is 6.19. The number of nitrogens with one attached hydrogen (secondary N) is 1. The number of pyridine rings is 2. The van der Waals surface area contributed by atoms with Gasteiger partial charge in [-0.1, -0.05) is 20.8 Å². The molecule has 4 aromatic rings. The van der Waals surface area contributed by atoms with E-state index in [0.717, 1.165) is 47.5 Å². The molecule has 0 unspecified atom stereocenters. The average molecular weight is 581 g/mol. The second-order valence-corrected chi connectivity index (χ2v) is 12.8. The first-order chi connectivity index (χ1) is 20.5. The van der Waals surface area contributed by atoms with E-state index in [9.17, 15) is 14.4 Å². The van der Waals surface area contributed by atoms with E-state index in [0.29, 0.717) is 36.8 Å². The Hall–Kier alpha value is -4.67. The van der Waals surface area contributed by atoms with Gasteiger partial charge < -0.3 is 19.4 Å². The van der Waals surface area contributed by atoms with Crippen LogP contribution in [0.3, 0.4) is 0 Å². The Kier molecular flexibility index (Phi) is 6.12. The number of likely N-dealkylation sites (N-methyl/N-ethyl adjacent to an activating group) is 1. The molecule has 0 radical (unpaired) electrons. The number of aryl methyl sites for hydroxylation is 1. The molecule has 2 amide bonds. The average Bonchev–Trinajstić information content (AvgIpc) is 3.60. The molecule has 7 rings (SSSR count). The summed E-state index contributed by atoms with van der Waals surface area (Å²) < 4.78 is 5.43. The molecular weight excluding hydrogens is 544 g/mol. The van der Waals surface area contributed by atoms with Crippen molar-refractivity contribution in [2.24, 2.45) is 12.5 Å². The van der Waals surface area contributed by atoms with Gasteiger partial charge in [-0.3, -0.25) is 24.0 Å². The first kappa shape index (κ1) is 27.2. The highest BCUT2D eigenvalue weighted by atomic mass is 16.2. The second kappa shape index (κ2) is 9.68. The van der Waals surface area contributed by atoms with Crippen LogP contribution >= 0.6 is 0 Å². The Morgan fingerprint density at radius 2 is 1.84 bits per heavy atom. The van der Waals surface area contributed by atoms with Gasteiger partial charge in [0.1, 0.15) is 23.7 Å². The van der Waals surface area contributed by atoms with Crippen molar-refractivity contribution in [2.75, 3.05) is 23.8 Å². The van der Waals surface area contributed by atoms with Crippen molar-refractivity contribution in [1.82, 2.24) is 28.8 Å². The topological polar surface area (TPSA) is 110 Å². The van der Waals surface area contributed by atoms with E-state index in [4.69, 9.17) is 4.98 Å². The van der Waals surface area contributed by atoms with E-state index in [-0.39, 0.29) is 29.3 Å². The lowest BCUT2D eigenvalue weighted by molar-refractivity contribution is -0.132. The van der Waals surface area contributed by atoms with Gasteiger partial charge in [-0.15, -0.1) is 0 Å². The van der Waals surface area contributed by atoms with Gasteiger partial charge in [0.15, 0.2) is 5.82 Å². The summed E-state index contributed by atoms with van der Waals surface area (Å²) >= 11 is 0. The number of anilines is 3. The Morgan fingerprint density at radius 3 is 2.63 bits per heavy atom. The summed E-state index contributed by atoms with van der Waals surface area (Å²) in [6.45, 7) is 8.56. The molecule has 0 saturated heterocycles. The predicted molar refractivity (Wildman–Crippen MR) is 164 cm³/mol. The third-order valence-electron chi connectivity index (χ3n) is 9.00. The minimum atomic E-state index is -0.196. The van der Waals surface area contributed by atoms with Crippen LogP contribution in [0.5, 0.6) is 0 Å². The Labute approximate surface area is 249 Å². The van der Waals surface area contributed by atoms with Gasteiger partial charge in [0.25, 0.3) is 11.5 Å². The molecule has 222 valence electrons. The quantitative estimate of drug-likeness (QED) is 0.387. The summed E-state index contributed by atoms with van der Waals surface area (Å²) in [6, 6.07) is 7.72. The van der Waals surface area contributed by atoms with Crippen LogP contribution in [0.15, 0.2) is 41.5 Å². The fourth-order valence-electron chi connectivity index (χ4n) is 6.89. The Bertz CT molecular complexity index is 1880. The molecule has 43 heavy (non-hydrogen) atoms. The first-order valence-electron chi connectivity index (χ1n) is 14.8. The molecule has 0 atom stereocenters. The predicted octanol–water partition coefficient (Wildman–Crippen LogP) is 3.51. The lowest BCUT2D eigenvalue weighted by atomic mass is 9.90. The number of carbonyl (C=O) groups excluding carboxylic acids is 2. The van der Waals surface area contributed by atoms with Crippen molar-refractivity contribution in [2.45, 2.75) is 59.7 Å². The van der Waals surface area contributed by atoms with E-state index in [1.165, 1.54) is 11.3 Å². The van der Waals surface area contributed by atoms with Crippen LogP contribution in [-0.4, -0.2) is 54.2 Å². The van der Waals surface area contributed by atoms with Crippen molar-refractivity contribution in [1.29, 1.82) is 0 Å². The SMILES string of the molecule is CCc1c(-c2cc(Nc3cc4n(n3)CC(=O)N(C)C4)c(=O)n(C)c2)ccnc1N1CCn2c(cc3c2CC(C)(C)C3)C1=O. The summed E-state index contributed by atoms with van der Waals surface area (Å²) in [5.74, 6) is 1.15. The number of fused-ring (bicyclic) bond motifs is 4. The third-order valence-corrected chi connectivity index (χ3v) is 9.00. The van der Waals surface area contributed by atoms with Gasteiger partial charge in [-0.2, -0.15) is 5.10 Å². The number of hydrogen-bond acceptors (Lipinski definition) is 6. The van der Waals surface area contributed by atoms with Crippen molar-refractivity contribution < 1.29 is 9.59 Å². The molecule has 0 spiro atoms. The van der Waals surface area contributed by atoms with Crippen molar-refractivity contribution in [3.05, 3.63) is 75.2 Å². The zero-order valence-electron chi connectivity index (χ0n) is 25.3. The van der Waals surface area contributed by atoms with Crippen LogP contribution in [0.2, 0.25) is 0 Å². The zero-order valence-corrected chi connectivity index (χ0v) is 25.3. The Morgan fingerprint density at radius 1 is 1.02 bits per heavy atom. The third kappa shape index (κ3) is 4.45. The van der Waals surface area contributed by atoms with Gasteiger partial charge in [0, 0.05) is 62.5 Å². The zero-order chi connectivity index (χ0) is 30.2. The number of rotatable bonds is 5. The molecule has 1 N–H and O–H groups in total. The molecule has 0 bridgehead atoms. The van der Waals surface area contributed by atoms with Gasteiger partial charge >= 0.3 is 0 Å². The fraction of sp³-hybridized carbons (Fsp3) is 0.406. The molecule has 6 heterocycles. The summed E-state index contributed by atoms with van der Waals surface area (Å²) in [5.41, 5.74) is 7.34. The van der Waals surface area contributed by atoms with Crippen molar-refractivity contribution in [3.63, 3.8) is 0 Å². The van der Waals surface area contributed by atoms with Crippen LogP contribution in [0.1, 0.15) is 53.8 Å². The minimum Gasteiger partial charge on any atom is -0.339 e. The molecule has 11 heteroatoms. The first-order valence-corrected chi connectivity index (χ1v) is 14.8. The standard InChI is InChI=1S/C32H36N8O3/c1-6-22-23(7-8-33-29(22)39-10-9-38-25(31(39)43)12-19-14-32(2,3)15-26(19)38)20-11-24(30(42)37(5)16-20)34-27-13-21-17-36(4)28(41)18-40(21)35-27/h7-8,11-13,16H,6,9-10,14-15,17-18H2,1-5H3,(H,34,35). The Balaban J connectivity index is 1.22. The van der Waals surface area contributed by atoms with E-state index < -0.39 is 0 Å². The van der Waals surface area contributed by atoms with E-state index in [1.54, 1.807) is 34.4 Å². The summed E-state index contributed by atoms with van der Waals surface area (Å²) in [7, 11) is 3.49. The second-order valence-electron chi connectivity index (χ2n) is 12.8. The van der Waals surface area contributed by atoms with E-state index in [1.807, 2.05) is 29.3 Å². The summed E-state index contributed by atoms with van der Waals surface area (Å²) in [5, 5.41) is 7.71. The van der Waals surface area contributed by atoms with Gasteiger partial charge in [0.05, 0.1) is 12.2 Å². The minimum absolute atomic E-state index is 0.00548.